The number of alkyl halides is 6. The third-order valence-electron chi connectivity index (χ3n) is 2.50. The molecule has 0 unspecified atom stereocenters. The predicted octanol–water partition coefficient (Wildman–Crippen LogP) is 3.22. The van der Waals surface area contributed by atoms with Crippen molar-refractivity contribution in [3.63, 3.8) is 0 Å². The Morgan fingerprint density at radius 2 is 1.47 bits per heavy atom. The first-order valence-corrected chi connectivity index (χ1v) is 5.57. The van der Waals surface area contributed by atoms with Crippen LogP contribution in [0.2, 0.25) is 0 Å². The monoisotopic (exact) mass is 294 g/mol. The molecule has 3 nitrogen and oxygen atoms in total. The van der Waals surface area contributed by atoms with E-state index in [9.17, 15) is 31.1 Å². The van der Waals surface area contributed by atoms with Gasteiger partial charge in [-0.2, -0.15) is 26.3 Å². The molecule has 0 aliphatic heterocycles. The summed E-state index contributed by atoms with van der Waals surface area (Å²) in [6, 6.07) is -1.50. The van der Waals surface area contributed by atoms with Gasteiger partial charge in [0.1, 0.15) is 0 Å². The molecule has 0 aromatic heterocycles. The Morgan fingerprint density at radius 3 is 1.74 bits per heavy atom. The quantitative estimate of drug-likeness (QED) is 0.768. The Hall–Kier alpha value is -1.15. The van der Waals surface area contributed by atoms with Crippen molar-refractivity contribution in [2.45, 2.75) is 45.1 Å². The van der Waals surface area contributed by atoms with E-state index in [-0.39, 0.29) is 12.5 Å². The van der Waals surface area contributed by atoms with Crippen LogP contribution in [-0.2, 0) is 0 Å². The lowest BCUT2D eigenvalue weighted by atomic mass is 9.94. The minimum atomic E-state index is -5.63. The zero-order valence-electron chi connectivity index (χ0n) is 10.7. The van der Waals surface area contributed by atoms with E-state index in [2.05, 4.69) is 0 Å². The van der Waals surface area contributed by atoms with Crippen LogP contribution in [0, 0.1) is 5.92 Å². The van der Waals surface area contributed by atoms with E-state index in [0.717, 1.165) is 5.32 Å². The zero-order valence-corrected chi connectivity index (χ0v) is 10.7. The lowest BCUT2D eigenvalue weighted by Crippen LogP contribution is -2.68. The summed E-state index contributed by atoms with van der Waals surface area (Å²) in [4.78, 5) is 11.2. The third-order valence-corrected chi connectivity index (χ3v) is 2.50. The van der Waals surface area contributed by atoms with E-state index in [1.54, 1.807) is 13.8 Å². The normalized spacial score (nSPS) is 13.6. The molecule has 0 fully saturated rings. The van der Waals surface area contributed by atoms with Crippen molar-refractivity contribution in [1.29, 1.82) is 0 Å². The summed E-state index contributed by atoms with van der Waals surface area (Å²) in [5, 5.41) is 2.98. The van der Waals surface area contributed by atoms with E-state index in [1.165, 1.54) is 0 Å². The molecule has 0 aromatic carbocycles. The first kappa shape index (κ1) is 17.8. The van der Waals surface area contributed by atoms with Crippen LogP contribution >= 0.6 is 0 Å². The Labute approximate surface area is 106 Å². The van der Waals surface area contributed by atoms with Crippen molar-refractivity contribution >= 4 is 6.03 Å². The van der Waals surface area contributed by atoms with Gasteiger partial charge in [0.05, 0.1) is 0 Å². The molecule has 0 heterocycles. The molecule has 19 heavy (non-hydrogen) atoms. The second-order valence-electron chi connectivity index (χ2n) is 4.48. The highest BCUT2D eigenvalue weighted by Gasteiger charge is 2.70. The van der Waals surface area contributed by atoms with Crippen LogP contribution in [-0.4, -0.2) is 30.5 Å². The van der Waals surface area contributed by atoms with Gasteiger partial charge in [0.25, 0.3) is 0 Å². The van der Waals surface area contributed by atoms with Crippen molar-refractivity contribution in [2.24, 2.45) is 5.92 Å². The van der Waals surface area contributed by atoms with Crippen LogP contribution in [0.1, 0.15) is 27.2 Å². The highest BCUT2D eigenvalue weighted by atomic mass is 19.4. The minimum absolute atomic E-state index is 0.0264. The molecule has 0 saturated heterocycles. The van der Waals surface area contributed by atoms with Gasteiger partial charge in [0.15, 0.2) is 0 Å². The van der Waals surface area contributed by atoms with E-state index < -0.39 is 30.3 Å². The number of amides is 2. The number of nitrogens with one attached hydrogen (secondary N) is 2. The summed E-state index contributed by atoms with van der Waals surface area (Å²) in [6.45, 7) is 3.99. The number of carbonyl (C=O) groups excluding carboxylic acids is 1. The fourth-order valence-electron chi connectivity index (χ4n) is 1.33. The standard InChI is InChI=1S/C10H16F6N2O/c1-4-8(9(11,12)13,10(14,15)16)18-7(19)17-5-6(2)3/h6H,4-5H2,1-3H3,(H2,17,18,19). The number of hydrogen-bond donors (Lipinski definition) is 2. The first-order chi connectivity index (χ1) is 8.37. The summed E-state index contributed by atoms with van der Waals surface area (Å²) >= 11 is 0. The Bertz CT molecular complexity index is 296. The molecule has 2 N–H and O–H groups in total. The Morgan fingerprint density at radius 1 is 1.05 bits per heavy atom. The van der Waals surface area contributed by atoms with E-state index in [0.29, 0.717) is 6.92 Å². The van der Waals surface area contributed by atoms with Gasteiger partial charge in [0.2, 0.25) is 5.54 Å². The van der Waals surface area contributed by atoms with Gasteiger partial charge < -0.3 is 10.6 Å². The maximum Gasteiger partial charge on any atom is 0.420 e. The highest BCUT2D eigenvalue weighted by molar-refractivity contribution is 5.75. The molecule has 0 rings (SSSR count). The Balaban J connectivity index is 5.14. The van der Waals surface area contributed by atoms with Crippen molar-refractivity contribution < 1.29 is 31.1 Å². The second-order valence-corrected chi connectivity index (χ2v) is 4.48. The second kappa shape index (κ2) is 5.87. The first-order valence-electron chi connectivity index (χ1n) is 5.57. The molecule has 2 amide bonds. The maximum atomic E-state index is 12.7. The molecule has 114 valence electrons. The number of urea groups is 1. The van der Waals surface area contributed by atoms with Crippen LogP contribution in [0.5, 0.6) is 0 Å². The van der Waals surface area contributed by atoms with Gasteiger partial charge in [-0.25, -0.2) is 4.79 Å². The molecular weight excluding hydrogens is 278 g/mol. The maximum absolute atomic E-state index is 12.7. The van der Waals surface area contributed by atoms with Gasteiger partial charge in [-0.05, 0) is 12.3 Å². The number of hydrogen-bond acceptors (Lipinski definition) is 1. The average Bonchev–Trinajstić information content (AvgIpc) is 2.19. The van der Waals surface area contributed by atoms with Crippen LogP contribution in [0.4, 0.5) is 31.1 Å². The van der Waals surface area contributed by atoms with E-state index >= 15 is 0 Å². The van der Waals surface area contributed by atoms with Crippen molar-refractivity contribution in [1.82, 2.24) is 10.6 Å². The fraction of sp³-hybridized carbons (Fsp3) is 0.900. The molecule has 0 aliphatic carbocycles. The SMILES string of the molecule is CCC(NC(=O)NCC(C)C)(C(F)(F)F)C(F)(F)F. The van der Waals surface area contributed by atoms with Crippen LogP contribution in [0.15, 0.2) is 0 Å². The van der Waals surface area contributed by atoms with Gasteiger partial charge in [-0.1, -0.05) is 20.8 Å². The van der Waals surface area contributed by atoms with Crippen LogP contribution < -0.4 is 10.6 Å². The molecule has 0 aromatic rings. The molecule has 0 saturated carbocycles. The van der Waals surface area contributed by atoms with E-state index in [4.69, 9.17) is 0 Å². The van der Waals surface area contributed by atoms with Gasteiger partial charge in [-0.3, -0.25) is 0 Å². The van der Waals surface area contributed by atoms with Gasteiger partial charge >= 0.3 is 18.4 Å². The fourth-order valence-corrected chi connectivity index (χ4v) is 1.33. The van der Waals surface area contributed by atoms with Gasteiger partial charge in [-0.15, -0.1) is 0 Å². The summed E-state index contributed by atoms with van der Waals surface area (Å²) in [5.74, 6) is -0.0986. The molecule has 0 bridgehead atoms. The molecule has 0 spiro atoms. The van der Waals surface area contributed by atoms with Crippen molar-refractivity contribution in [3.8, 4) is 0 Å². The summed E-state index contributed by atoms with van der Waals surface area (Å²) in [5.41, 5.74) is -4.24. The topological polar surface area (TPSA) is 41.1 Å². The number of halogens is 6. The number of rotatable bonds is 4. The number of carbonyl (C=O) groups is 1. The van der Waals surface area contributed by atoms with Crippen molar-refractivity contribution in [2.75, 3.05) is 6.54 Å². The molecule has 0 atom stereocenters. The van der Waals surface area contributed by atoms with Crippen molar-refractivity contribution in [3.05, 3.63) is 0 Å². The van der Waals surface area contributed by atoms with Crippen LogP contribution in [0.3, 0.4) is 0 Å². The summed E-state index contributed by atoms with van der Waals surface area (Å²) in [6.07, 6.45) is -12.6. The third kappa shape index (κ3) is 4.17. The largest absolute Gasteiger partial charge is 0.420 e. The minimum Gasteiger partial charge on any atom is -0.338 e. The smallest absolute Gasteiger partial charge is 0.338 e. The lowest BCUT2D eigenvalue weighted by molar-refractivity contribution is -0.304. The highest BCUT2D eigenvalue weighted by Crippen LogP contribution is 2.45. The molecule has 0 aliphatic rings. The molecule has 0 radical (unpaired) electrons. The lowest BCUT2D eigenvalue weighted by Gasteiger charge is -2.37. The van der Waals surface area contributed by atoms with Crippen LogP contribution in [0.25, 0.3) is 0 Å². The predicted molar refractivity (Wildman–Crippen MR) is 56.5 cm³/mol. The zero-order chi connectivity index (χ0) is 15.5. The average molecular weight is 294 g/mol. The summed E-state index contributed by atoms with van der Waals surface area (Å²) in [7, 11) is 0. The van der Waals surface area contributed by atoms with E-state index in [1.807, 2.05) is 5.32 Å². The van der Waals surface area contributed by atoms with Gasteiger partial charge in [0, 0.05) is 6.54 Å². The molecule has 9 heteroatoms. The Kier molecular flexibility index (Phi) is 5.52. The molecular formula is C10H16F6N2O. The summed E-state index contributed by atoms with van der Waals surface area (Å²) < 4.78 is 76.0.